The van der Waals surface area contributed by atoms with Crippen LogP contribution in [0.3, 0.4) is 0 Å². The number of aliphatic hydroxyl groups excluding tert-OH is 1. The minimum Gasteiger partial charge on any atom is -0.460 e. The number of hydrogen-bond donors (Lipinski definition) is 2. The van der Waals surface area contributed by atoms with Gasteiger partial charge in [0, 0.05) is 5.56 Å². The molecule has 5 heteroatoms. The van der Waals surface area contributed by atoms with Gasteiger partial charge >= 0.3 is 5.97 Å². The van der Waals surface area contributed by atoms with Crippen molar-refractivity contribution in [2.45, 2.75) is 19.1 Å². The largest absolute Gasteiger partial charge is 0.460 e. The summed E-state index contributed by atoms with van der Waals surface area (Å²) in [7, 11) is 0. The summed E-state index contributed by atoms with van der Waals surface area (Å²) in [6.07, 6.45) is -1.71. The molecule has 22 heavy (non-hydrogen) atoms. The highest BCUT2D eigenvalue weighted by Crippen LogP contribution is 2.26. The second kappa shape index (κ2) is 7.15. The quantitative estimate of drug-likeness (QED) is 0.658. The van der Waals surface area contributed by atoms with E-state index < -0.39 is 30.6 Å². The number of halogens is 1. The second-order valence-corrected chi connectivity index (χ2v) is 4.94. The SMILES string of the molecule is CC(C(=O)OCC(O)O)c1ccc(-c2ccccc2)c(F)c1. The zero-order valence-corrected chi connectivity index (χ0v) is 12.1. The van der Waals surface area contributed by atoms with Gasteiger partial charge in [-0.25, -0.2) is 4.39 Å². The van der Waals surface area contributed by atoms with Crippen LogP contribution in [0.25, 0.3) is 11.1 Å². The van der Waals surface area contributed by atoms with E-state index in [0.29, 0.717) is 11.1 Å². The summed E-state index contributed by atoms with van der Waals surface area (Å²) >= 11 is 0. The second-order valence-electron chi connectivity index (χ2n) is 4.94. The molecule has 0 aromatic heterocycles. The Morgan fingerprint density at radius 2 is 1.86 bits per heavy atom. The van der Waals surface area contributed by atoms with Crippen LogP contribution in [0.1, 0.15) is 18.4 Å². The predicted molar refractivity (Wildman–Crippen MR) is 79.4 cm³/mol. The Bertz CT molecular complexity index is 640. The van der Waals surface area contributed by atoms with E-state index in [0.717, 1.165) is 5.56 Å². The van der Waals surface area contributed by atoms with Crippen molar-refractivity contribution in [2.24, 2.45) is 0 Å². The van der Waals surface area contributed by atoms with E-state index in [4.69, 9.17) is 14.9 Å². The summed E-state index contributed by atoms with van der Waals surface area (Å²) in [4.78, 5) is 11.7. The Hall–Kier alpha value is -2.24. The molecule has 0 amide bonds. The van der Waals surface area contributed by atoms with E-state index in [9.17, 15) is 9.18 Å². The molecule has 0 spiro atoms. The third-order valence-corrected chi connectivity index (χ3v) is 3.31. The van der Waals surface area contributed by atoms with Gasteiger partial charge in [-0.05, 0) is 24.1 Å². The first-order valence-corrected chi connectivity index (χ1v) is 6.86. The highest BCUT2D eigenvalue weighted by atomic mass is 19.1. The maximum atomic E-state index is 14.2. The fraction of sp³-hybridized carbons (Fsp3) is 0.235. The number of benzene rings is 2. The third kappa shape index (κ3) is 3.90. The summed E-state index contributed by atoms with van der Waals surface area (Å²) in [5.74, 6) is -1.76. The van der Waals surface area contributed by atoms with Crippen molar-refractivity contribution in [2.75, 3.05) is 6.61 Å². The molecule has 1 unspecified atom stereocenters. The number of ether oxygens (including phenoxy) is 1. The summed E-state index contributed by atoms with van der Waals surface area (Å²) in [5, 5.41) is 17.4. The van der Waals surface area contributed by atoms with E-state index in [1.165, 1.54) is 6.07 Å². The monoisotopic (exact) mass is 304 g/mol. The normalized spacial score (nSPS) is 12.2. The van der Waals surface area contributed by atoms with E-state index in [-0.39, 0.29) is 0 Å². The van der Waals surface area contributed by atoms with Crippen LogP contribution in [0.5, 0.6) is 0 Å². The first-order valence-electron chi connectivity index (χ1n) is 6.86. The summed E-state index contributed by atoms with van der Waals surface area (Å²) in [5.41, 5.74) is 1.68. The van der Waals surface area contributed by atoms with Crippen LogP contribution in [-0.4, -0.2) is 29.1 Å². The molecule has 4 nitrogen and oxygen atoms in total. The van der Waals surface area contributed by atoms with Crippen molar-refractivity contribution in [1.29, 1.82) is 0 Å². The Morgan fingerprint density at radius 3 is 2.45 bits per heavy atom. The van der Waals surface area contributed by atoms with Gasteiger partial charge in [0.1, 0.15) is 12.4 Å². The van der Waals surface area contributed by atoms with Crippen LogP contribution in [0, 0.1) is 5.82 Å². The predicted octanol–water partition coefficient (Wildman–Crippen LogP) is 2.45. The highest BCUT2D eigenvalue weighted by molar-refractivity contribution is 5.78. The Morgan fingerprint density at radius 1 is 1.18 bits per heavy atom. The van der Waals surface area contributed by atoms with E-state index in [2.05, 4.69) is 0 Å². The lowest BCUT2D eigenvalue weighted by Gasteiger charge is -2.13. The molecule has 0 aliphatic rings. The van der Waals surface area contributed by atoms with Gasteiger partial charge in [-0.1, -0.05) is 42.5 Å². The van der Waals surface area contributed by atoms with Gasteiger partial charge in [0.2, 0.25) is 0 Å². The zero-order valence-electron chi connectivity index (χ0n) is 12.1. The first-order chi connectivity index (χ1) is 10.5. The molecule has 0 heterocycles. The topological polar surface area (TPSA) is 66.8 Å². The third-order valence-electron chi connectivity index (χ3n) is 3.31. The minimum absolute atomic E-state index is 0.425. The number of hydrogen-bond acceptors (Lipinski definition) is 4. The average molecular weight is 304 g/mol. The lowest BCUT2D eigenvalue weighted by atomic mass is 9.97. The molecule has 116 valence electrons. The van der Waals surface area contributed by atoms with Gasteiger partial charge in [-0.3, -0.25) is 4.79 Å². The molecule has 0 saturated heterocycles. The van der Waals surface area contributed by atoms with Crippen molar-refractivity contribution in [3.63, 3.8) is 0 Å². The molecule has 2 aromatic rings. The molecule has 2 rings (SSSR count). The van der Waals surface area contributed by atoms with Gasteiger partial charge in [-0.2, -0.15) is 0 Å². The van der Waals surface area contributed by atoms with Crippen LogP contribution in [0.15, 0.2) is 48.5 Å². The fourth-order valence-corrected chi connectivity index (χ4v) is 2.07. The number of carbonyl (C=O) groups excluding carboxylic acids is 1. The van der Waals surface area contributed by atoms with Crippen molar-refractivity contribution >= 4 is 5.97 Å². The Labute approximate surface area is 127 Å². The van der Waals surface area contributed by atoms with Crippen molar-refractivity contribution < 1.29 is 24.1 Å². The van der Waals surface area contributed by atoms with Crippen LogP contribution >= 0.6 is 0 Å². The van der Waals surface area contributed by atoms with Gasteiger partial charge < -0.3 is 14.9 Å². The maximum absolute atomic E-state index is 14.2. The van der Waals surface area contributed by atoms with Crippen LogP contribution < -0.4 is 0 Å². The van der Waals surface area contributed by atoms with Gasteiger partial charge in [0.05, 0.1) is 5.92 Å². The lowest BCUT2D eigenvalue weighted by molar-refractivity contribution is -0.157. The van der Waals surface area contributed by atoms with Gasteiger partial charge in [-0.15, -0.1) is 0 Å². The smallest absolute Gasteiger partial charge is 0.313 e. The molecular formula is C17H17FO4. The molecule has 0 saturated carbocycles. The van der Waals surface area contributed by atoms with E-state index in [1.807, 2.05) is 18.2 Å². The molecule has 0 aliphatic heterocycles. The number of carbonyl (C=O) groups is 1. The van der Waals surface area contributed by atoms with E-state index in [1.54, 1.807) is 31.2 Å². The van der Waals surface area contributed by atoms with E-state index >= 15 is 0 Å². The molecule has 0 aliphatic carbocycles. The summed E-state index contributed by atoms with van der Waals surface area (Å²) in [6.45, 7) is 1.07. The minimum atomic E-state index is -1.71. The number of rotatable bonds is 5. The number of aliphatic hydroxyl groups is 2. The first kappa shape index (κ1) is 16.1. The van der Waals surface area contributed by atoms with Crippen LogP contribution in [0.4, 0.5) is 4.39 Å². The Kier molecular flexibility index (Phi) is 5.25. The zero-order chi connectivity index (χ0) is 16.1. The average Bonchev–Trinajstić information content (AvgIpc) is 2.52. The highest BCUT2D eigenvalue weighted by Gasteiger charge is 2.19. The van der Waals surface area contributed by atoms with Crippen molar-refractivity contribution in [3.8, 4) is 11.1 Å². The Balaban J connectivity index is 2.17. The lowest BCUT2D eigenvalue weighted by Crippen LogP contribution is -2.21. The fourth-order valence-electron chi connectivity index (χ4n) is 2.07. The van der Waals surface area contributed by atoms with Crippen LogP contribution in [0.2, 0.25) is 0 Å². The van der Waals surface area contributed by atoms with Crippen LogP contribution in [-0.2, 0) is 9.53 Å². The summed E-state index contributed by atoms with van der Waals surface area (Å²) < 4.78 is 19.0. The molecule has 2 N–H and O–H groups in total. The molecule has 0 bridgehead atoms. The molecule has 2 aromatic carbocycles. The molecule has 0 radical (unpaired) electrons. The standard InChI is InChI=1S/C17H17FO4/c1-11(17(21)22-10-16(19)20)13-7-8-14(15(18)9-13)12-5-3-2-4-6-12/h2-9,11,16,19-20H,10H2,1H3. The van der Waals surface area contributed by atoms with Crippen molar-refractivity contribution in [3.05, 3.63) is 59.9 Å². The molecular weight excluding hydrogens is 287 g/mol. The van der Waals surface area contributed by atoms with Crippen molar-refractivity contribution in [1.82, 2.24) is 0 Å². The molecule has 1 atom stereocenters. The maximum Gasteiger partial charge on any atom is 0.313 e. The summed E-state index contributed by atoms with van der Waals surface area (Å²) in [6, 6.07) is 13.7. The molecule has 0 fully saturated rings. The van der Waals surface area contributed by atoms with Gasteiger partial charge in [0.25, 0.3) is 0 Å². The number of esters is 1. The van der Waals surface area contributed by atoms with Gasteiger partial charge in [0.15, 0.2) is 6.29 Å².